The van der Waals surface area contributed by atoms with Crippen molar-refractivity contribution in [2.75, 3.05) is 5.75 Å². The van der Waals surface area contributed by atoms with Gasteiger partial charge in [-0.05, 0) is 30.9 Å². The Hall–Kier alpha value is -2.33. The second-order valence-corrected chi connectivity index (χ2v) is 7.45. The first-order valence-corrected chi connectivity index (χ1v) is 9.48. The third-order valence-electron chi connectivity index (χ3n) is 4.07. The standard InChI is InChI=1S/C18H21N5OS/c1-13(2)9-11-22-16(24)14-7-3-4-8-15(14)23-17(22)20-21-18(23)25-12-6-5-10-19/h3-4,7-8,13H,5-6,9,11-12H2,1-2H3. The Bertz CT molecular complexity index is 983. The van der Waals surface area contributed by atoms with Crippen LogP contribution in [0.5, 0.6) is 0 Å². The third-order valence-corrected chi connectivity index (χ3v) is 5.09. The SMILES string of the molecule is CC(C)CCn1c(=O)c2ccccc2n2c(SCCCC#N)nnc12. The van der Waals surface area contributed by atoms with Crippen molar-refractivity contribution < 1.29 is 0 Å². The molecule has 130 valence electrons. The normalized spacial score (nSPS) is 11.4. The number of unbranched alkanes of at least 4 members (excludes halogenated alkanes) is 1. The van der Waals surface area contributed by atoms with Crippen molar-refractivity contribution in [3.05, 3.63) is 34.6 Å². The molecular formula is C18H21N5OS. The van der Waals surface area contributed by atoms with E-state index in [0.29, 0.717) is 30.0 Å². The minimum absolute atomic E-state index is 0.0165. The number of benzene rings is 1. The van der Waals surface area contributed by atoms with E-state index in [1.165, 1.54) is 0 Å². The van der Waals surface area contributed by atoms with E-state index in [4.69, 9.17) is 5.26 Å². The molecule has 0 aliphatic heterocycles. The lowest BCUT2D eigenvalue weighted by Gasteiger charge is -2.12. The number of hydrogen-bond donors (Lipinski definition) is 0. The van der Waals surface area contributed by atoms with E-state index in [1.54, 1.807) is 16.3 Å². The van der Waals surface area contributed by atoms with Gasteiger partial charge in [0, 0.05) is 18.7 Å². The lowest BCUT2D eigenvalue weighted by molar-refractivity contribution is 0.512. The van der Waals surface area contributed by atoms with Crippen LogP contribution in [0, 0.1) is 17.2 Å². The van der Waals surface area contributed by atoms with Gasteiger partial charge in [0.25, 0.3) is 5.56 Å². The van der Waals surface area contributed by atoms with Crippen LogP contribution in [0.4, 0.5) is 0 Å². The van der Waals surface area contributed by atoms with Gasteiger partial charge in [-0.25, -0.2) is 0 Å². The Morgan fingerprint density at radius 3 is 2.84 bits per heavy atom. The quantitative estimate of drug-likeness (QED) is 0.479. The zero-order valence-electron chi connectivity index (χ0n) is 14.5. The topological polar surface area (TPSA) is 76.0 Å². The van der Waals surface area contributed by atoms with E-state index in [2.05, 4.69) is 30.1 Å². The van der Waals surface area contributed by atoms with Crippen LogP contribution < -0.4 is 5.56 Å². The minimum atomic E-state index is -0.0165. The van der Waals surface area contributed by atoms with Crippen LogP contribution in [0.15, 0.2) is 34.2 Å². The summed E-state index contributed by atoms with van der Waals surface area (Å²) in [6, 6.07) is 9.74. The molecule has 6 nitrogen and oxygen atoms in total. The van der Waals surface area contributed by atoms with Crippen molar-refractivity contribution >= 4 is 28.4 Å². The smallest absolute Gasteiger partial charge is 0.262 e. The monoisotopic (exact) mass is 355 g/mol. The predicted octanol–water partition coefficient (Wildman–Crippen LogP) is 3.49. The first-order valence-electron chi connectivity index (χ1n) is 8.50. The maximum absolute atomic E-state index is 12.9. The Labute approximate surface area is 150 Å². The van der Waals surface area contributed by atoms with Gasteiger partial charge in [0.05, 0.1) is 17.0 Å². The van der Waals surface area contributed by atoms with Gasteiger partial charge < -0.3 is 0 Å². The van der Waals surface area contributed by atoms with Gasteiger partial charge in [0.15, 0.2) is 5.16 Å². The Morgan fingerprint density at radius 2 is 2.08 bits per heavy atom. The molecule has 0 amide bonds. The average Bonchev–Trinajstić information content (AvgIpc) is 3.02. The van der Waals surface area contributed by atoms with E-state index >= 15 is 0 Å². The van der Waals surface area contributed by atoms with Crippen LogP contribution in [0.1, 0.15) is 33.1 Å². The highest BCUT2D eigenvalue weighted by Gasteiger charge is 2.16. The lowest BCUT2D eigenvalue weighted by atomic mass is 10.1. The molecule has 2 heterocycles. The molecule has 25 heavy (non-hydrogen) atoms. The van der Waals surface area contributed by atoms with Gasteiger partial charge in [0.2, 0.25) is 5.78 Å². The van der Waals surface area contributed by atoms with Crippen molar-refractivity contribution in [1.29, 1.82) is 5.26 Å². The summed E-state index contributed by atoms with van der Waals surface area (Å²) >= 11 is 1.57. The third kappa shape index (κ3) is 3.54. The summed E-state index contributed by atoms with van der Waals surface area (Å²) < 4.78 is 3.70. The fraction of sp³-hybridized carbons (Fsp3) is 0.444. The summed E-state index contributed by atoms with van der Waals surface area (Å²) in [6.07, 6.45) is 2.25. The van der Waals surface area contributed by atoms with Gasteiger partial charge in [0.1, 0.15) is 0 Å². The van der Waals surface area contributed by atoms with Gasteiger partial charge in [-0.1, -0.05) is 37.7 Å². The highest BCUT2D eigenvalue weighted by Crippen LogP contribution is 2.22. The summed E-state index contributed by atoms with van der Waals surface area (Å²) in [4.78, 5) is 12.9. The molecule has 0 radical (unpaired) electrons. The molecule has 0 bridgehead atoms. The summed E-state index contributed by atoms with van der Waals surface area (Å²) in [5.74, 6) is 1.89. The largest absolute Gasteiger partial charge is 0.276 e. The average molecular weight is 355 g/mol. The molecule has 0 saturated heterocycles. The molecule has 0 saturated carbocycles. The van der Waals surface area contributed by atoms with E-state index in [9.17, 15) is 4.79 Å². The number of aryl methyl sites for hydroxylation is 1. The zero-order valence-corrected chi connectivity index (χ0v) is 15.3. The highest BCUT2D eigenvalue weighted by molar-refractivity contribution is 7.99. The molecule has 7 heteroatoms. The van der Waals surface area contributed by atoms with Crippen LogP contribution in [-0.4, -0.2) is 24.9 Å². The number of rotatable bonds is 7. The molecule has 0 atom stereocenters. The lowest BCUT2D eigenvalue weighted by Crippen LogP contribution is -2.24. The molecule has 3 rings (SSSR count). The predicted molar refractivity (Wildman–Crippen MR) is 99.8 cm³/mol. The molecule has 0 fully saturated rings. The summed E-state index contributed by atoms with van der Waals surface area (Å²) in [5, 5.41) is 18.7. The minimum Gasteiger partial charge on any atom is -0.276 e. The maximum Gasteiger partial charge on any atom is 0.262 e. The molecule has 0 unspecified atom stereocenters. The van der Waals surface area contributed by atoms with Crippen LogP contribution in [0.2, 0.25) is 0 Å². The number of nitriles is 1. The maximum atomic E-state index is 12.9. The second kappa shape index (κ2) is 7.70. The van der Waals surface area contributed by atoms with Crippen LogP contribution in [0.3, 0.4) is 0 Å². The Kier molecular flexibility index (Phi) is 5.39. The number of para-hydroxylation sites is 1. The molecule has 0 spiro atoms. The number of thioether (sulfide) groups is 1. The molecule has 2 aromatic heterocycles. The number of aromatic nitrogens is 4. The summed E-state index contributed by atoms with van der Waals surface area (Å²) in [5.41, 5.74) is 0.813. The van der Waals surface area contributed by atoms with E-state index in [1.807, 2.05) is 28.7 Å². The molecule has 1 aromatic carbocycles. The molecule has 3 aromatic rings. The second-order valence-electron chi connectivity index (χ2n) is 6.38. The summed E-state index contributed by atoms with van der Waals surface area (Å²) in [6.45, 7) is 4.91. The van der Waals surface area contributed by atoms with Crippen molar-refractivity contribution in [3.8, 4) is 6.07 Å². The van der Waals surface area contributed by atoms with Crippen LogP contribution in [0.25, 0.3) is 16.7 Å². The van der Waals surface area contributed by atoms with Crippen molar-refractivity contribution in [2.24, 2.45) is 5.92 Å². The first kappa shape index (κ1) is 17.5. The van der Waals surface area contributed by atoms with E-state index in [-0.39, 0.29) is 5.56 Å². The number of fused-ring (bicyclic) bond motifs is 3. The zero-order chi connectivity index (χ0) is 17.8. The van der Waals surface area contributed by atoms with Crippen molar-refractivity contribution in [3.63, 3.8) is 0 Å². The fourth-order valence-corrected chi connectivity index (χ4v) is 3.61. The van der Waals surface area contributed by atoms with Gasteiger partial charge in [-0.2, -0.15) is 5.26 Å². The van der Waals surface area contributed by atoms with Crippen LogP contribution >= 0.6 is 11.8 Å². The Morgan fingerprint density at radius 1 is 1.28 bits per heavy atom. The first-order chi connectivity index (χ1) is 12.1. The molecule has 0 N–H and O–H groups in total. The Balaban J connectivity index is 2.12. The van der Waals surface area contributed by atoms with E-state index in [0.717, 1.165) is 29.3 Å². The molecule has 0 aliphatic carbocycles. The van der Waals surface area contributed by atoms with Crippen LogP contribution in [-0.2, 0) is 6.54 Å². The fourth-order valence-electron chi connectivity index (χ4n) is 2.73. The van der Waals surface area contributed by atoms with Gasteiger partial charge in [-0.15, -0.1) is 10.2 Å². The molecule has 0 aliphatic rings. The van der Waals surface area contributed by atoms with Crippen molar-refractivity contribution in [2.45, 2.75) is 44.8 Å². The summed E-state index contributed by atoms with van der Waals surface area (Å²) in [7, 11) is 0. The molecular weight excluding hydrogens is 334 g/mol. The van der Waals surface area contributed by atoms with Gasteiger partial charge in [-0.3, -0.25) is 13.8 Å². The van der Waals surface area contributed by atoms with Gasteiger partial charge >= 0.3 is 0 Å². The van der Waals surface area contributed by atoms with E-state index < -0.39 is 0 Å². The number of hydrogen-bond acceptors (Lipinski definition) is 5. The number of nitrogens with zero attached hydrogens (tertiary/aromatic N) is 5. The van der Waals surface area contributed by atoms with Crippen molar-refractivity contribution in [1.82, 2.24) is 19.2 Å². The highest BCUT2D eigenvalue weighted by atomic mass is 32.2.